The molecule has 0 heterocycles. The quantitative estimate of drug-likeness (QED) is 0.263. The number of rotatable bonds is 4. The molecule has 0 atom stereocenters. The standard InChI is InChI=1S/C8H8O7S.Na/c9-8(10)6-1-5(4-15-11)2-7(3-6)16(12,13)14;/h1-3,11H,4H2,(H,9,10)(H,12,13,14);/q;+1/p-1. The third-order valence-corrected chi connectivity index (χ3v) is 2.55. The Hall–Kier alpha value is -0.480. The van der Waals surface area contributed by atoms with Crippen LogP contribution in [-0.4, -0.2) is 29.3 Å². The molecule has 2 N–H and O–H groups in total. The molecule has 7 nitrogen and oxygen atoms in total. The summed E-state index contributed by atoms with van der Waals surface area (Å²) in [6.07, 6.45) is 0. The van der Waals surface area contributed by atoms with Crippen LogP contribution in [0.1, 0.15) is 15.9 Å². The van der Waals surface area contributed by atoms with Crippen molar-refractivity contribution >= 4 is 16.1 Å². The molecule has 1 aromatic carbocycles. The minimum atomic E-state index is -4.75. The van der Waals surface area contributed by atoms with Crippen LogP contribution in [0.4, 0.5) is 0 Å². The molecule has 88 valence electrons. The van der Waals surface area contributed by atoms with Crippen LogP contribution in [0.3, 0.4) is 0 Å². The minimum Gasteiger partial charge on any atom is -0.744 e. The van der Waals surface area contributed by atoms with Crippen LogP contribution in [0.5, 0.6) is 0 Å². The predicted octanol–water partition coefficient (Wildman–Crippen LogP) is -2.72. The monoisotopic (exact) mass is 270 g/mol. The van der Waals surface area contributed by atoms with Crippen molar-refractivity contribution in [3.05, 3.63) is 29.3 Å². The molecule has 0 aromatic heterocycles. The van der Waals surface area contributed by atoms with E-state index in [1.807, 2.05) is 0 Å². The third kappa shape index (κ3) is 4.72. The van der Waals surface area contributed by atoms with Gasteiger partial charge in [-0.2, -0.15) is 0 Å². The van der Waals surface area contributed by atoms with Crippen molar-refractivity contribution < 1.29 is 62.6 Å². The zero-order chi connectivity index (χ0) is 12.3. The second-order valence-corrected chi connectivity index (χ2v) is 4.28. The maximum Gasteiger partial charge on any atom is 1.00 e. The van der Waals surface area contributed by atoms with Gasteiger partial charge in [0.2, 0.25) is 0 Å². The first-order chi connectivity index (χ1) is 7.34. The summed E-state index contributed by atoms with van der Waals surface area (Å²) in [6, 6.07) is 2.77. The molecule has 0 spiro atoms. The van der Waals surface area contributed by atoms with E-state index in [4.69, 9.17) is 10.4 Å². The molecule has 1 aromatic rings. The van der Waals surface area contributed by atoms with Gasteiger partial charge in [-0.05, 0) is 23.8 Å². The zero-order valence-electron chi connectivity index (χ0n) is 8.78. The van der Waals surface area contributed by atoms with Crippen molar-refractivity contribution in [2.24, 2.45) is 0 Å². The van der Waals surface area contributed by atoms with Gasteiger partial charge in [-0.25, -0.2) is 18.1 Å². The van der Waals surface area contributed by atoms with E-state index in [1.165, 1.54) is 0 Å². The van der Waals surface area contributed by atoms with Crippen LogP contribution in [-0.2, 0) is 21.6 Å². The van der Waals surface area contributed by atoms with Crippen LogP contribution < -0.4 is 29.6 Å². The summed E-state index contributed by atoms with van der Waals surface area (Å²) in [7, 11) is -4.75. The molecule has 0 unspecified atom stereocenters. The van der Waals surface area contributed by atoms with Crippen LogP contribution in [0.15, 0.2) is 23.1 Å². The van der Waals surface area contributed by atoms with Crippen LogP contribution in [0.25, 0.3) is 0 Å². The molecule has 0 saturated heterocycles. The molecule has 0 amide bonds. The van der Waals surface area contributed by atoms with E-state index in [0.29, 0.717) is 0 Å². The number of carboxylic acids is 1. The Morgan fingerprint density at radius 1 is 1.35 bits per heavy atom. The van der Waals surface area contributed by atoms with Gasteiger partial charge in [-0.15, -0.1) is 0 Å². The number of benzene rings is 1. The van der Waals surface area contributed by atoms with E-state index >= 15 is 0 Å². The van der Waals surface area contributed by atoms with Crippen molar-refractivity contribution in [2.45, 2.75) is 11.5 Å². The summed E-state index contributed by atoms with van der Waals surface area (Å²) in [5.41, 5.74) is -0.305. The first-order valence-electron chi connectivity index (χ1n) is 3.94. The predicted molar refractivity (Wildman–Crippen MR) is 48.8 cm³/mol. The normalized spacial score (nSPS) is 10.7. The summed E-state index contributed by atoms with van der Waals surface area (Å²) in [5.74, 6) is -1.38. The van der Waals surface area contributed by atoms with Crippen molar-refractivity contribution in [3.63, 3.8) is 0 Å². The zero-order valence-corrected chi connectivity index (χ0v) is 11.6. The number of hydrogen-bond acceptors (Lipinski definition) is 6. The molecule has 0 bridgehead atoms. The number of aromatic carboxylic acids is 1. The molecule has 0 fully saturated rings. The van der Waals surface area contributed by atoms with Gasteiger partial charge < -0.3 is 9.66 Å². The Morgan fingerprint density at radius 3 is 2.35 bits per heavy atom. The van der Waals surface area contributed by atoms with Gasteiger partial charge in [0, 0.05) is 0 Å². The second-order valence-electron chi connectivity index (χ2n) is 2.90. The topological polar surface area (TPSA) is 124 Å². The molecule has 17 heavy (non-hydrogen) atoms. The van der Waals surface area contributed by atoms with Gasteiger partial charge >= 0.3 is 35.5 Å². The smallest absolute Gasteiger partial charge is 0.744 e. The summed E-state index contributed by atoms with van der Waals surface area (Å²) < 4.78 is 32.1. The first-order valence-corrected chi connectivity index (χ1v) is 5.35. The van der Waals surface area contributed by atoms with E-state index in [1.54, 1.807) is 0 Å². The van der Waals surface area contributed by atoms with Gasteiger partial charge in [0.1, 0.15) is 16.7 Å². The Bertz CT molecular complexity index is 511. The van der Waals surface area contributed by atoms with E-state index in [-0.39, 0.29) is 40.7 Å². The number of carbonyl (C=O) groups is 1. The fourth-order valence-electron chi connectivity index (χ4n) is 1.09. The maximum atomic E-state index is 10.7. The van der Waals surface area contributed by atoms with E-state index in [2.05, 4.69) is 4.89 Å². The molecule has 0 radical (unpaired) electrons. The molecule has 9 heteroatoms. The van der Waals surface area contributed by atoms with Gasteiger partial charge in [0.25, 0.3) is 0 Å². The van der Waals surface area contributed by atoms with Crippen molar-refractivity contribution in [1.82, 2.24) is 0 Å². The van der Waals surface area contributed by atoms with Crippen LogP contribution in [0.2, 0.25) is 0 Å². The summed E-state index contributed by atoms with van der Waals surface area (Å²) in [6.45, 7) is -0.413. The van der Waals surface area contributed by atoms with Gasteiger partial charge in [0.05, 0.1) is 10.5 Å². The molecule has 0 aliphatic rings. The fraction of sp³-hybridized carbons (Fsp3) is 0.125. The van der Waals surface area contributed by atoms with E-state index < -0.39 is 27.6 Å². The largest absolute Gasteiger partial charge is 1.00 e. The number of carboxylic acid groups (broad SMARTS) is 1. The Morgan fingerprint density at radius 2 is 1.94 bits per heavy atom. The Kier molecular flexibility index (Phi) is 6.27. The van der Waals surface area contributed by atoms with Gasteiger partial charge in [-0.3, -0.25) is 5.26 Å². The Labute approximate surface area is 119 Å². The Balaban J connectivity index is 0.00000256. The fourth-order valence-corrected chi connectivity index (χ4v) is 1.65. The van der Waals surface area contributed by atoms with Crippen LogP contribution >= 0.6 is 0 Å². The first kappa shape index (κ1) is 16.5. The molecular weight excluding hydrogens is 263 g/mol. The molecule has 0 aliphatic heterocycles. The van der Waals surface area contributed by atoms with E-state index in [9.17, 15) is 17.8 Å². The third-order valence-electron chi connectivity index (χ3n) is 1.73. The average Bonchev–Trinajstić information content (AvgIpc) is 2.16. The molecule has 0 aliphatic carbocycles. The summed E-state index contributed by atoms with van der Waals surface area (Å²) in [4.78, 5) is 13.7. The average molecular weight is 270 g/mol. The van der Waals surface area contributed by atoms with Crippen molar-refractivity contribution in [2.75, 3.05) is 0 Å². The number of hydrogen-bond donors (Lipinski definition) is 2. The summed E-state index contributed by atoms with van der Waals surface area (Å²) in [5, 5.41) is 16.8. The second kappa shape index (κ2) is 6.45. The minimum absolute atomic E-state index is 0. The van der Waals surface area contributed by atoms with Gasteiger partial charge in [-0.1, -0.05) is 0 Å². The van der Waals surface area contributed by atoms with Crippen molar-refractivity contribution in [3.8, 4) is 0 Å². The molecule has 0 saturated carbocycles. The maximum absolute atomic E-state index is 10.7. The van der Waals surface area contributed by atoms with Crippen molar-refractivity contribution in [1.29, 1.82) is 0 Å². The summed E-state index contributed by atoms with van der Waals surface area (Å²) >= 11 is 0. The SMILES string of the molecule is O=C(O)c1cc(COO)cc(S(=O)(=O)[O-])c1.[Na+]. The van der Waals surface area contributed by atoms with Gasteiger partial charge in [0.15, 0.2) is 0 Å². The molecule has 1 rings (SSSR count). The molecular formula is C8H7NaO7S. The van der Waals surface area contributed by atoms with E-state index in [0.717, 1.165) is 18.2 Å². The van der Waals surface area contributed by atoms with Crippen LogP contribution in [0, 0.1) is 0 Å².